The summed E-state index contributed by atoms with van der Waals surface area (Å²) in [6, 6.07) is 6.12. The highest BCUT2D eigenvalue weighted by Crippen LogP contribution is 2.31. The zero-order valence-corrected chi connectivity index (χ0v) is 13.2. The summed E-state index contributed by atoms with van der Waals surface area (Å²) >= 11 is 0. The van der Waals surface area contributed by atoms with Crippen LogP contribution in [0.2, 0.25) is 0 Å². The minimum Gasteiger partial charge on any atom is -0.481 e. The Morgan fingerprint density at radius 2 is 1.90 bits per heavy atom. The van der Waals surface area contributed by atoms with Crippen LogP contribution in [0.15, 0.2) is 29.2 Å². The van der Waals surface area contributed by atoms with E-state index in [1.807, 2.05) is 0 Å². The second-order valence-corrected chi connectivity index (χ2v) is 8.26. The highest BCUT2D eigenvalue weighted by atomic mass is 32.2. The van der Waals surface area contributed by atoms with Gasteiger partial charge in [-0.1, -0.05) is 26.0 Å². The predicted molar refractivity (Wildman–Crippen MR) is 79.6 cm³/mol. The Hall–Kier alpha value is -1.40. The van der Waals surface area contributed by atoms with Crippen LogP contribution < -0.4 is 0 Å². The first-order valence-electron chi connectivity index (χ1n) is 7.02. The third-order valence-electron chi connectivity index (χ3n) is 3.78. The molecule has 1 aliphatic heterocycles. The molecular formula is C15H21NO4S. The molecule has 0 atom stereocenters. The Bertz CT molecular complexity index is 620. The van der Waals surface area contributed by atoms with Gasteiger partial charge in [0, 0.05) is 13.1 Å². The van der Waals surface area contributed by atoms with E-state index in [0.29, 0.717) is 18.7 Å². The lowest BCUT2D eigenvalue weighted by molar-refractivity contribution is -0.136. The average molecular weight is 311 g/mol. The fourth-order valence-electron chi connectivity index (χ4n) is 2.68. The number of carboxylic acid groups (broad SMARTS) is 1. The largest absolute Gasteiger partial charge is 0.481 e. The zero-order chi connectivity index (χ0) is 15.7. The highest BCUT2D eigenvalue weighted by molar-refractivity contribution is 7.89. The lowest BCUT2D eigenvalue weighted by Gasteiger charge is -2.37. The average Bonchev–Trinajstić information content (AvgIpc) is 2.37. The van der Waals surface area contributed by atoms with Crippen molar-refractivity contribution in [2.75, 3.05) is 13.1 Å². The third-order valence-corrected chi connectivity index (χ3v) is 5.64. The number of carboxylic acids is 1. The van der Waals surface area contributed by atoms with E-state index in [9.17, 15) is 13.2 Å². The molecule has 0 spiro atoms. The number of benzene rings is 1. The molecule has 0 aromatic heterocycles. The molecule has 1 aromatic rings. The van der Waals surface area contributed by atoms with Gasteiger partial charge in [-0.2, -0.15) is 4.31 Å². The van der Waals surface area contributed by atoms with Crippen LogP contribution in [0.4, 0.5) is 0 Å². The number of rotatable bonds is 4. The van der Waals surface area contributed by atoms with E-state index in [0.717, 1.165) is 12.8 Å². The normalized spacial score (nSPS) is 19.3. The SMILES string of the molecule is CC1(C)CCCN(S(=O)(=O)c2ccc(CC(=O)O)cc2)C1. The molecule has 0 unspecified atom stereocenters. The summed E-state index contributed by atoms with van der Waals surface area (Å²) in [5, 5.41) is 8.73. The molecule has 6 heteroatoms. The number of hydrogen-bond acceptors (Lipinski definition) is 3. The van der Waals surface area contributed by atoms with Crippen molar-refractivity contribution >= 4 is 16.0 Å². The van der Waals surface area contributed by atoms with Gasteiger partial charge in [0.2, 0.25) is 10.0 Å². The van der Waals surface area contributed by atoms with E-state index in [1.54, 1.807) is 12.1 Å². The van der Waals surface area contributed by atoms with Crippen LogP contribution in [0.25, 0.3) is 0 Å². The predicted octanol–water partition coefficient (Wildman–Crippen LogP) is 2.12. The van der Waals surface area contributed by atoms with E-state index < -0.39 is 16.0 Å². The number of piperidine rings is 1. The van der Waals surface area contributed by atoms with E-state index in [-0.39, 0.29) is 16.7 Å². The molecule has 116 valence electrons. The van der Waals surface area contributed by atoms with Gasteiger partial charge in [0.1, 0.15) is 0 Å². The molecule has 1 aromatic carbocycles. The maximum absolute atomic E-state index is 12.6. The molecule has 2 rings (SSSR count). The minimum atomic E-state index is -3.49. The van der Waals surface area contributed by atoms with Crippen LogP contribution in [0.5, 0.6) is 0 Å². The van der Waals surface area contributed by atoms with Gasteiger partial charge >= 0.3 is 5.97 Å². The third kappa shape index (κ3) is 3.83. The first-order valence-corrected chi connectivity index (χ1v) is 8.46. The van der Waals surface area contributed by atoms with Crippen LogP contribution in [0, 0.1) is 5.41 Å². The maximum Gasteiger partial charge on any atom is 0.307 e. The molecule has 1 saturated heterocycles. The summed E-state index contributed by atoms with van der Waals surface area (Å²) in [6.45, 7) is 5.21. The number of nitrogens with zero attached hydrogens (tertiary/aromatic N) is 1. The molecule has 0 aliphatic carbocycles. The van der Waals surface area contributed by atoms with E-state index in [2.05, 4.69) is 13.8 Å². The summed E-state index contributed by atoms with van der Waals surface area (Å²) < 4.78 is 26.8. The second kappa shape index (κ2) is 5.77. The number of aliphatic carboxylic acids is 1. The summed E-state index contributed by atoms with van der Waals surface area (Å²) in [7, 11) is -3.49. The van der Waals surface area contributed by atoms with Gasteiger partial charge in [0.05, 0.1) is 11.3 Å². The van der Waals surface area contributed by atoms with E-state index in [1.165, 1.54) is 16.4 Å². The molecule has 21 heavy (non-hydrogen) atoms. The lowest BCUT2D eigenvalue weighted by Crippen LogP contribution is -2.43. The van der Waals surface area contributed by atoms with Gasteiger partial charge in [-0.25, -0.2) is 8.42 Å². The zero-order valence-electron chi connectivity index (χ0n) is 12.4. The number of hydrogen-bond donors (Lipinski definition) is 1. The monoisotopic (exact) mass is 311 g/mol. The van der Waals surface area contributed by atoms with Crippen molar-refractivity contribution in [1.82, 2.24) is 4.31 Å². The minimum absolute atomic E-state index is 0.00539. The summed E-state index contributed by atoms with van der Waals surface area (Å²) in [4.78, 5) is 10.9. The Kier molecular flexibility index (Phi) is 4.39. The highest BCUT2D eigenvalue weighted by Gasteiger charge is 2.33. The van der Waals surface area contributed by atoms with Crippen molar-refractivity contribution in [2.24, 2.45) is 5.41 Å². The summed E-state index contributed by atoms with van der Waals surface area (Å²) in [5.74, 6) is -0.927. The van der Waals surface area contributed by atoms with Crippen LogP contribution >= 0.6 is 0 Å². The molecule has 1 fully saturated rings. The van der Waals surface area contributed by atoms with Gasteiger partial charge in [0.15, 0.2) is 0 Å². The molecule has 0 amide bonds. The maximum atomic E-state index is 12.6. The number of sulfonamides is 1. The van der Waals surface area contributed by atoms with E-state index >= 15 is 0 Å². The molecule has 0 saturated carbocycles. The lowest BCUT2D eigenvalue weighted by atomic mass is 9.85. The topological polar surface area (TPSA) is 74.7 Å². The van der Waals surface area contributed by atoms with Crippen molar-refractivity contribution in [3.05, 3.63) is 29.8 Å². The first-order chi connectivity index (χ1) is 9.71. The second-order valence-electron chi connectivity index (χ2n) is 6.32. The Balaban J connectivity index is 2.21. The Labute approximate surface area is 125 Å². The molecular weight excluding hydrogens is 290 g/mol. The fraction of sp³-hybridized carbons (Fsp3) is 0.533. The van der Waals surface area contributed by atoms with Crippen molar-refractivity contribution in [1.29, 1.82) is 0 Å². The van der Waals surface area contributed by atoms with Crippen LogP contribution in [-0.4, -0.2) is 36.9 Å². The smallest absolute Gasteiger partial charge is 0.307 e. The Morgan fingerprint density at radius 3 is 2.43 bits per heavy atom. The van der Waals surface area contributed by atoms with Gasteiger partial charge in [-0.3, -0.25) is 4.79 Å². The van der Waals surface area contributed by atoms with Crippen molar-refractivity contribution in [2.45, 2.75) is 38.0 Å². The van der Waals surface area contributed by atoms with Crippen LogP contribution in [0.1, 0.15) is 32.3 Å². The molecule has 1 N–H and O–H groups in total. The standard InChI is InChI=1S/C15H21NO4S/c1-15(2)8-3-9-16(11-15)21(19,20)13-6-4-12(5-7-13)10-14(17)18/h4-7H,3,8-11H2,1-2H3,(H,17,18). The molecule has 0 bridgehead atoms. The first kappa shape index (κ1) is 16.0. The van der Waals surface area contributed by atoms with E-state index in [4.69, 9.17) is 5.11 Å². The van der Waals surface area contributed by atoms with Gasteiger partial charge in [0.25, 0.3) is 0 Å². The molecule has 5 nitrogen and oxygen atoms in total. The van der Waals surface area contributed by atoms with Gasteiger partial charge in [-0.05, 0) is 36.0 Å². The number of carbonyl (C=O) groups is 1. The van der Waals surface area contributed by atoms with Gasteiger partial charge in [-0.15, -0.1) is 0 Å². The Morgan fingerprint density at radius 1 is 1.29 bits per heavy atom. The van der Waals surface area contributed by atoms with Crippen molar-refractivity contribution in [3.8, 4) is 0 Å². The van der Waals surface area contributed by atoms with Crippen LogP contribution in [0.3, 0.4) is 0 Å². The molecule has 0 radical (unpaired) electrons. The summed E-state index contributed by atoms with van der Waals surface area (Å²) in [6.07, 6.45) is 1.79. The molecule has 1 heterocycles. The van der Waals surface area contributed by atoms with Crippen LogP contribution in [-0.2, 0) is 21.2 Å². The molecule has 1 aliphatic rings. The van der Waals surface area contributed by atoms with Crippen molar-refractivity contribution < 1.29 is 18.3 Å². The summed E-state index contributed by atoms with van der Waals surface area (Å²) in [5.41, 5.74) is 0.592. The van der Waals surface area contributed by atoms with Crippen molar-refractivity contribution in [3.63, 3.8) is 0 Å². The quantitative estimate of drug-likeness (QED) is 0.924. The fourth-order valence-corrected chi connectivity index (χ4v) is 4.34. The van der Waals surface area contributed by atoms with Gasteiger partial charge < -0.3 is 5.11 Å².